The van der Waals surface area contributed by atoms with E-state index < -0.39 is 0 Å². The lowest BCUT2D eigenvalue weighted by Gasteiger charge is -2.07. The summed E-state index contributed by atoms with van der Waals surface area (Å²) in [5, 5.41) is 4.31. The Hall–Kier alpha value is -0.310. The van der Waals surface area contributed by atoms with Gasteiger partial charge in [-0.15, -0.1) is 0 Å². The van der Waals surface area contributed by atoms with Crippen molar-refractivity contribution in [2.45, 2.75) is 33.2 Å². The summed E-state index contributed by atoms with van der Waals surface area (Å²) < 4.78 is 2.96. The van der Waals surface area contributed by atoms with Crippen LogP contribution in [0.3, 0.4) is 0 Å². The Morgan fingerprint density at radius 3 is 2.73 bits per heavy atom. The number of halogens is 1. The van der Waals surface area contributed by atoms with E-state index >= 15 is 0 Å². The molecule has 0 bridgehead atoms. The van der Waals surface area contributed by atoms with Crippen LogP contribution in [0.4, 0.5) is 0 Å². The molecular weight excluding hydrogens is 204 g/mol. The smallest absolute Gasteiger partial charge is 0.131 e. The summed E-state index contributed by atoms with van der Waals surface area (Å²) in [6, 6.07) is 0.500. The predicted molar refractivity (Wildman–Crippen MR) is 49.7 cm³/mol. The molecule has 0 saturated carbocycles. The maximum Gasteiger partial charge on any atom is 0.131 e. The van der Waals surface area contributed by atoms with Crippen LogP contribution < -0.4 is 0 Å². The number of rotatable bonds is 2. The lowest BCUT2D eigenvalue weighted by Crippen LogP contribution is -2.03. The first-order chi connectivity index (χ1) is 5.15. The summed E-state index contributed by atoms with van der Waals surface area (Å²) in [7, 11) is 0. The van der Waals surface area contributed by atoms with E-state index in [4.69, 9.17) is 0 Å². The van der Waals surface area contributed by atoms with E-state index in [-0.39, 0.29) is 0 Å². The van der Waals surface area contributed by atoms with E-state index in [0.29, 0.717) is 6.04 Å². The van der Waals surface area contributed by atoms with E-state index in [9.17, 15) is 0 Å². The van der Waals surface area contributed by atoms with Crippen molar-refractivity contribution >= 4 is 15.9 Å². The van der Waals surface area contributed by atoms with Gasteiger partial charge in [-0.2, -0.15) is 5.10 Å². The third-order valence-corrected chi connectivity index (χ3v) is 2.68. The number of nitrogens with zero attached hydrogens (tertiary/aromatic N) is 2. The molecule has 3 heteroatoms. The molecule has 1 rings (SSSR count). The van der Waals surface area contributed by atoms with Gasteiger partial charge in [-0.25, -0.2) is 0 Å². The van der Waals surface area contributed by atoms with Gasteiger partial charge in [0, 0.05) is 17.8 Å². The first kappa shape index (κ1) is 8.78. The second kappa shape index (κ2) is 3.39. The second-order valence-electron chi connectivity index (χ2n) is 2.84. The molecule has 0 aliphatic rings. The van der Waals surface area contributed by atoms with Gasteiger partial charge in [-0.3, -0.25) is 4.68 Å². The lowest BCUT2D eigenvalue weighted by molar-refractivity contribution is 0.476. The largest absolute Gasteiger partial charge is 0.269 e. The van der Waals surface area contributed by atoms with Crippen molar-refractivity contribution in [3.05, 3.63) is 16.4 Å². The van der Waals surface area contributed by atoms with Crippen molar-refractivity contribution in [1.29, 1.82) is 0 Å². The van der Waals surface area contributed by atoms with E-state index in [1.54, 1.807) is 0 Å². The summed E-state index contributed by atoms with van der Waals surface area (Å²) in [6.07, 6.45) is 3.19. The third-order valence-electron chi connectivity index (χ3n) is 1.90. The molecule has 0 aliphatic heterocycles. The highest BCUT2D eigenvalue weighted by Gasteiger charge is 2.05. The molecule has 0 spiro atoms. The Kier molecular flexibility index (Phi) is 2.71. The molecule has 0 aliphatic carbocycles. The van der Waals surface area contributed by atoms with Crippen LogP contribution in [0.5, 0.6) is 0 Å². The number of aromatic nitrogens is 2. The molecule has 2 nitrogen and oxygen atoms in total. The highest BCUT2D eigenvalue weighted by molar-refractivity contribution is 9.10. The molecule has 0 radical (unpaired) electrons. The standard InChI is InChI=1S/C8H13BrN2/c1-4-7(3)11-5-6(2)8(9)10-11/h5,7H,4H2,1-3H3. The minimum Gasteiger partial charge on any atom is -0.269 e. The fourth-order valence-electron chi connectivity index (χ4n) is 0.874. The van der Waals surface area contributed by atoms with Gasteiger partial charge < -0.3 is 0 Å². The molecule has 1 aromatic rings. The zero-order chi connectivity index (χ0) is 8.43. The summed E-state index contributed by atoms with van der Waals surface area (Å²) in [5.74, 6) is 0. The molecule has 0 saturated heterocycles. The normalized spacial score (nSPS) is 13.5. The van der Waals surface area contributed by atoms with Gasteiger partial charge in [0.25, 0.3) is 0 Å². The molecule has 1 atom stereocenters. The van der Waals surface area contributed by atoms with Crippen LogP contribution in [0.25, 0.3) is 0 Å². The minimum absolute atomic E-state index is 0.500. The van der Waals surface area contributed by atoms with Gasteiger partial charge in [0.1, 0.15) is 4.60 Å². The zero-order valence-electron chi connectivity index (χ0n) is 7.13. The van der Waals surface area contributed by atoms with Gasteiger partial charge >= 0.3 is 0 Å². The SMILES string of the molecule is CCC(C)n1cc(C)c(Br)n1. The molecule has 62 valence electrons. The quantitative estimate of drug-likeness (QED) is 0.744. The molecule has 1 heterocycles. The molecule has 0 N–H and O–H groups in total. The van der Waals surface area contributed by atoms with Crippen LogP contribution in [0.2, 0.25) is 0 Å². The van der Waals surface area contributed by atoms with Crippen LogP contribution in [-0.4, -0.2) is 9.78 Å². The van der Waals surface area contributed by atoms with E-state index in [0.717, 1.165) is 11.0 Å². The molecule has 0 fully saturated rings. The fraction of sp³-hybridized carbons (Fsp3) is 0.625. The second-order valence-corrected chi connectivity index (χ2v) is 3.59. The highest BCUT2D eigenvalue weighted by Crippen LogP contribution is 2.16. The number of hydrogen-bond acceptors (Lipinski definition) is 1. The monoisotopic (exact) mass is 216 g/mol. The number of hydrogen-bond donors (Lipinski definition) is 0. The Bertz CT molecular complexity index is 223. The van der Waals surface area contributed by atoms with Crippen LogP contribution in [0.1, 0.15) is 31.9 Å². The first-order valence-electron chi connectivity index (χ1n) is 3.86. The van der Waals surface area contributed by atoms with Crippen molar-refractivity contribution in [2.75, 3.05) is 0 Å². The maximum absolute atomic E-state index is 4.31. The predicted octanol–water partition coefficient (Wildman–Crippen LogP) is 2.93. The summed E-state index contributed by atoms with van der Waals surface area (Å²) in [6.45, 7) is 6.38. The Morgan fingerprint density at radius 2 is 2.36 bits per heavy atom. The first-order valence-corrected chi connectivity index (χ1v) is 4.65. The van der Waals surface area contributed by atoms with Crippen LogP contribution >= 0.6 is 15.9 Å². The summed E-state index contributed by atoms with van der Waals surface area (Å²) in [5.41, 5.74) is 1.20. The van der Waals surface area contributed by atoms with E-state index in [1.165, 1.54) is 5.56 Å². The zero-order valence-corrected chi connectivity index (χ0v) is 8.72. The maximum atomic E-state index is 4.31. The van der Waals surface area contributed by atoms with Crippen molar-refractivity contribution in [2.24, 2.45) is 0 Å². The van der Waals surface area contributed by atoms with Gasteiger partial charge in [0.05, 0.1) is 0 Å². The van der Waals surface area contributed by atoms with Crippen molar-refractivity contribution in [1.82, 2.24) is 9.78 Å². The minimum atomic E-state index is 0.500. The molecule has 1 aromatic heterocycles. The average molecular weight is 217 g/mol. The molecular formula is C8H13BrN2. The van der Waals surface area contributed by atoms with Crippen LogP contribution in [0.15, 0.2) is 10.8 Å². The average Bonchev–Trinajstić information content (AvgIpc) is 2.31. The Morgan fingerprint density at radius 1 is 1.73 bits per heavy atom. The topological polar surface area (TPSA) is 17.8 Å². The summed E-state index contributed by atoms with van der Waals surface area (Å²) >= 11 is 3.38. The molecule has 0 amide bonds. The highest BCUT2D eigenvalue weighted by atomic mass is 79.9. The van der Waals surface area contributed by atoms with Crippen molar-refractivity contribution < 1.29 is 0 Å². The van der Waals surface area contributed by atoms with Crippen LogP contribution in [-0.2, 0) is 0 Å². The molecule has 0 aromatic carbocycles. The lowest BCUT2D eigenvalue weighted by atomic mass is 10.3. The summed E-state index contributed by atoms with van der Waals surface area (Å²) in [4.78, 5) is 0. The van der Waals surface area contributed by atoms with Gasteiger partial charge in [-0.1, -0.05) is 6.92 Å². The molecule has 11 heavy (non-hydrogen) atoms. The fourth-order valence-corrected chi connectivity index (χ4v) is 1.16. The Labute approximate surface area is 75.7 Å². The van der Waals surface area contributed by atoms with Gasteiger partial charge in [0.15, 0.2) is 0 Å². The Balaban J connectivity index is 2.88. The van der Waals surface area contributed by atoms with E-state index in [1.807, 2.05) is 4.68 Å². The van der Waals surface area contributed by atoms with E-state index in [2.05, 4.69) is 48.0 Å². The van der Waals surface area contributed by atoms with Crippen molar-refractivity contribution in [3.8, 4) is 0 Å². The molecule has 1 unspecified atom stereocenters. The van der Waals surface area contributed by atoms with Gasteiger partial charge in [0.2, 0.25) is 0 Å². The van der Waals surface area contributed by atoms with Crippen molar-refractivity contribution in [3.63, 3.8) is 0 Å². The number of aryl methyl sites for hydroxylation is 1. The third kappa shape index (κ3) is 1.83. The van der Waals surface area contributed by atoms with Crippen LogP contribution in [0, 0.1) is 6.92 Å². The van der Waals surface area contributed by atoms with Gasteiger partial charge in [-0.05, 0) is 36.2 Å².